The van der Waals surface area contributed by atoms with Crippen LogP contribution in [0.1, 0.15) is 11.1 Å². The molecule has 0 saturated carbocycles. The van der Waals surface area contributed by atoms with Gasteiger partial charge in [-0.1, -0.05) is 48.0 Å². The molecule has 0 aliphatic rings. The van der Waals surface area contributed by atoms with Gasteiger partial charge in [-0.15, -0.1) is 10.2 Å². The van der Waals surface area contributed by atoms with E-state index in [-0.39, 0.29) is 6.03 Å². The predicted octanol–water partition coefficient (Wildman–Crippen LogP) is 3.96. The van der Waals surface area contributed by atoms with Crippen LogP contribution in [0.5, 0.6) is 5.88 Å². The Morgan fingerprint density at radius 2 is 1.81 bits per heavy atom. The molecule has 1 aromatic heterocycles. The van der Waals surface area contributed by atoms with Crippen LogP contribution in [0.3, 0.4) is 0 Å². The maximum Gasteiger partial charge on any atom is 0.319 e. The first-order valence-corrected chi connectivity index (χ1v) is 8.76. The van der Waals surface area contributed by atoms with Gasteiger partial charge in [-0.25, -0.2) is 4.79 Å². The van der Waals surface area contributed by atoms with Gasteiger partial charge in [-0.3, -0.25) is 0 Å². The first-order chi connectivity index (χ1) is 13.1. The second kappa shape index (κ2) is 8.80. The van der Waals surface area contributed by atoms with Crippen molar-refractivity contribution in [2.45, 2.75) is 13.8 Å². The van der Waals surface area contributed by atoms with Crippen LogP contribution in [-0.4, -0.2) is 29.4 Å². The fourth-order valence-electron chi connectivity index (χ4n) is 2.60. The van der Waals surface area contributed by atoms with E-state index in [9.17, 15) is 4.79 Å². The van der Waals surface area contributed by atoms with Gasteiger partial charge in [0.15, 0.2) is 0 Å². The molecule has 2 aromatic carbocycles. The SMILES string of the molecule is Cc1ccc(NC(=O)NCCOc2ccc(-c3ccccc3)nn2)c(C)c1. The smallest absolute Gasteiger partial charge is 0.319 e. The van der Waals surface area contributed by atoms with Gasteiger partial charge < -0.3 is 15.4 Å². The summed E-state index contributed by atoms with van der Waals surface area (Å²) in [5.41, 5.74) is 4.76. The maximum atomic E-state index is 12.0. The monoisotopic (exact) mass is 362 g/mol. The van der Waals surface area contributed by atoms with Crippen LogP contribution in [0, 0.1) is 13.8 Å². The van der Waals surface area contributed by atoms with E-state index in [0.29, 0.717) is 19.0 Å². The standard InChI is InChI=1S/C21H22N4O2/c1-15-8-9-18(16(2)14-15)23-21(26)22-12-13-27-20-11-10-19(24-25-20)17-6-4-3-5-7-17/h3-11,14H,12-13H2,1-2H3,(H2,22,23,26). The van der Waals surface area contributed by atoms with Gasteiger partial charge in [0.05, 0.1) is 12.2 Å². The summed E-state index contributed by atoms with van der Waals surface area (Å²) in [5, 5.41) is 13.8. The molecule has 0 saturated heterocycles. The van der Waals surface area contributed by atoms with E-state index in [2.05, 4.69) is 20.8 Å². The number of hydrogen-bond donors (Lipinski definition) is 2. The average molecular weight is 362 g/mol. The third-order valence-electron chi connectivity index (χ3n) is 3.98. The van der Waals surface area contributed by atoms with Crippen molar-refractivity contribution in [3.05, 3.63) is 71.8 Å². The number of amides is 2. The van der Waals surface area contributed by atoms with E-state index < -0.39 is 0 Å². The molecule has 0 aliphatic heterocycles. The number of nitrogens with zero attached hydrogens (tertiary/aromatic N) is 2. The van der Waals surface area contributed by atoms with Gasteiger partial charge in [-0.05, 0) is 31.5 Å². The zero-order chi connectivity index (χ0) is 19.1. The molecule has 0 bridgehead atoms. The van der Waals surface area contributed by atoms with Crippen LogP contribution in [0.2, 0.25) is 0 Å². The summed E-state index contributed by atoms with van der Waals surface area (Å²) in [6, 6.07) is 19.1. The minimum atomic E-state index is -0.268. The van der Waals surface area contributed by atoms with E-state index in [0.717, 1.165) is 28.1 Å². The minimum absolute atomic E-state index is 0.268. The number of anilines is 1. The molecule has 0 radical (unpaired) electrons. The van der Waals surface area contributed by atoms with Crippen molar-refractivity contribution in [3.8, 4) is 17.1 Å². The third kappa shape index (κ3) is 5.28. The first kappa shape index (κ1) is 18.4. The molecule has 1 heterocycles. The summed E-state index contributed by atoms with van der Waals surface area (Å²) in [7, 11) is 0. The third-order valence-corrected chi connectivity index (χ3v) is 3.98. The Balaban J connectivity index is 1.42. The molecular formula is C21H22N4O2. The lowest BCUT2D eigenvalue weighted by atomic mass is 10.1. The number of rotatable bonds is 6. The van der Waals surface area contributed by atoms with Crippen molar-refractivity contribution in [1.29, 1.82) is 0 Å². The molecule has 0 aliphatic carbocycles. The lowest BCUT2D eigenvalue weighted by molar-refractivity contribution is 0.246. The molecule has 0 spiro atoms. The molecule has 2 amide bonds. The van der Waals surface area contributed by atoms with Gasteiger partial charge in [-0.2, -0.15) is 0 Å². The van der Waals surface area contributed by atoms with Crippen molar-refractivity contribution >= 4 is 11.7 Å². The van der Waals surface area contributed by atoms with Gasteiger partial charge >= 0.3 is 6.03 Å². The van der Waals surface area contributed by atoms with Crippen molar-refractivity contribution < 1.29 is 9.53 Å². The van der Waals surface area contributed by atoms with Crippen molar-refractivity contribution in [1.82, 2.24) is 15.5 Å². The Kier molecular flexibility index (Phi) is 5.99. The quantitative estimate of drug-likeness (QED) is 0.651. The lowest BCUT2D eigenvalue weighted by Gasteiger charge is -2.11. The van der Waals surface area contributed by atoms with E-state index in [1.54, 1.807) is 6.07 Å². The van der Waals surface area contributed by atoms with Gasteiger partial charge in [0.2, 0.25) is 5.88 Å². The Labute approximate surface area is 158 Å². The van der Waals surface area contributed by atoms with Crippen LogP contribution in [0.15, 0.2) is 60.7 Å². The number of aryl methyl sites for hydroxylation is 2. The number of nitrogens with one attached hydrogen (secondary N) is 2. The molecular weight excluding hydrogens is 340 g/mol. The van der Waals surface area contributed by atoms with E-state index in [1.165, 1.54) is 0 Å². The summed E-state index contributed by atoms with van der Waals surface area (Å²) < 4.78 is 5.52. The summed E-state index contributed by atoms with van der Waals surface area (Å²) in [4.78, 5) is 12.0. The molecule has 2 N–H and O–H groups in total. The largest absolute Gasteiger partial charge is 0.475 e. The van der Waals surface area contributed by atoms with Crippen LogP contribution < -0.4 is 15.4 Å². The fourth-order valence-corrected chi connectivity index (χ4v) is 2.60. The number of carbonyl (C=O) groups is 1. The van der Waals surface area contributed by atoms with Crippen molar-refractivity contribution in [3.63, 3.8) is 0 Å². The number of ether oxygens (including phenoxy) is 1. The Morgan fingerprint density at radius 3 is 2.52 bits per heavy atom. The summed E-state index contributed by atoms with van der Waals surface area (Å²) in [5.74, 6) is 0.422. The summed E-state index contributed by atoms with van der Waals surface area (Å²) >= 11 is 0. The number of aromatic nitrogens is 2. The molecule has 6 nitrogen and oxygen atoms in total. The zero-order valence-corrected chi connectivity index (χ0v) is 15.4. The second-order valence-corrected chi connectivity index (χ2v) is 6.17. The highest BCUT2D eigenvalue weighted by Gasteiger charge is 2.05. The molecule has 3 rings (SSSR count). The molecule has 3 aromatic rings. The molecule has 0 fully saturated rings. The highest BCUT2D eigenvalue weighted by molar-refractivity contribution is 5.90. The summed E-state index contributed by atoms with van der Waals surface area (Å²) in [6.45, 7) is 4.64. The predicted molar refractivity (Wildman–Crippen MR) is 106 cm³/mol. The van der Waals surface area contributed by atoms with Crippen LogP contribution in [-0.2, 0) is 0 Å². The van der Waals surface area contributed by atoms with Crippen molar-refractivity contribution in [2.75, 3.05) is 18.5 Å². The van der Waals surface area contributed by atoms with Gasteiger partial charge in [0, 0.05) is 17.3 Å². The first-order valence-electron chi connectivity index (χ1n) is 8.76. The molecule has 0 atom stereocenters. The Bertz CT molecular complexity index is 896. The van der Waals surface area contributed by atoms with E-state index in [1.807, 2.05) is 68.4 Å². The Morgan fingerprint density at radius 1 is 1.00 bits per heavy atom. The zero-order valence-electron chi connectivity index (χ0n) is 15.4. The van der Waals surface area contributed by atoms with Gasteiger partial charge in [0.1, 0.15) is 6.61 Å². The van der Waals surface area contributed by atoms with Crippen LogP contribution in [0.4, 0.5) is 10.5 Å². The summed E-state index contributed by atoms with van der Waals surface area (Å²) in [6.07, 6.45) is 0. The second-order valence-electron chi connectivity index (χ2n) is 6.17. The number of urea groups is 1. The van der Waals surface area contributed by atoms with E-state index in [4.69, 9.17) is 4.74 Å². The normalized spacial score (nSPS) is 10.3. The highest BCUT2D eigenvalue weighted by Crippen LogP contribution is 2.17. The minimum Gasteiger partial charge on any atom is -0.475 e. The highest BCUT2D eigenvalue weighted by atomic mass is 16.5. The number of carbonyl (C=O) groups excluding carboxylic acids is 1. The molecule has 138 valence electrons. The van der Waals surface area contributed by atoms with Gasteiger partial charge in [0.25, 0.3) is 0 Å². The molecule has 27 heavy (non-hydrogen) atoms. The average Bonchev–Trinajstić information content (AvgIpc) is 2.69. The number of benzene rings is 2. The number of hydrogen-bond acceptors (Lipinski definition) is 4. The topological polar surface area (TPSA) is 76.1 Å². The molecule has 6 heteroatoms. The van der Waals surface area contributed by atoms with Crippen molar-refractivity contribution in [2.24, 2.45) is 0 Å². The lowest BCUT2D eigenvalue weighted by Crippen LogP contribution is -2.32. The van der Waals surface area contributed by atoms with Crippen LogP contribution in [0.25, 0.3) is 11.3 Å². The van der Waals surface area contributed by atoms with E-state index >= 15 is 0 Å². The Hall–Kier alpha value is -3.41. The van der Waals surface area contributed by atoms with Crippen LogP contribution >= 0.6 is 0 Å². The fraction of sp³-hybridized carbons (Fsp3) is 0.190. The maximum absolute atomic E-state index is 12.0. The molecule has 0 unspecified atom stereocenters.